The Morgan fingerprint density at radius 2 is 1.63 bits per heavy atom. The van der Waals surface area contributed by atoms with Crippen molar-refractivity contribution in [1.82, 2.24) is 4.98 Å². The summed E-state index contributed by atoms with van der Waals surface area (Å²) in [4.78, 5) is 4.43. The molecule has 0 atom stereocenters. The molecule has 1 fully saturated rings. The van der Waals surface area contributed by atoms with Crippen LogP contribution in [-0.2, 0) is 0 Å². The number of pyridine rings is 1. The lowest BCUT2D eigenvalue weighted by atomic mass is 9.96. The Morgan fingerprint density at radius 3 is 2.47 bits per heavy atom. The van der Waals surface area contributed by atoms with Gasteiger partial charge >= 0.3 is 0 Å². The molecular weight excluding hydrogens is 232 g/mol. The predicted octanol–water partition coefficient (Wildman–Crippen LogP) is 4.76. The molecule has 2 nitrogen and oxygen atoms in total. The number of hydrogen-bond donors (Lipinski definition) is 1. The maximum absolute atomic E-state index is 4.43. The first-order chi connectivity index (χ1) is 9.43. The van der Waals surface area contributed by atoms with Gasteiger partial charge in [0.05, 0.1) is 5.52 Å². The highest BCUT2D eigenvalue weighted by atomic mass is 14.9. The quantitative estimate of drug-likeness (QED) is 0.835. The van der Waals surface area contributed by atoms with Crippen molar-refractivity contribution in [3.05, 3.63) is 36.5 Å². The van der Waals surface area contributed by atoms with Gasteiger partial charge in [-0.15, -0.1) is 0 Å². The van der Waals surface area contributed by atoms with Crippen molar-refractivity contribution in [1.29, 1.82) is 0 Å². The van der Waals surface area contributed by atoms with E-state index in [1.54, 1.807) is 0 Å². The second kappa shape index (κ2) is 6.05. The van der Waals surface area contributed by atoms with Gasteiger partial charge in [-0.1, -0.05) is 50.3 Å². The highest BCUT2D eigenvalue weighted by Crippen LogP contribution is 2.25. The third-order valence-corrected chi connectivity index (χ3v) is 4.11. The molecule has 2 heteroatoms. The number of aromatic nitrogens is 1. The molecule has 1 aromatic carbocycles. The van der Waals surface area contributed by atoms with Crippen LogP contribution in [0.25, 0.3) is 10.9 Å². The van der Waals surface area contributed by atoms with E-state index in [1.165, 1.54) is 56.0 Å². The van der Waals surface area contributed by atoms with Crippen molar-refractivity contribution >= 4 is 16.6 Å². The third-order valence-electron chi connectivity index (χ3n) is 4.11. The summed E-state index contributed by atoms with van der Waals surface area (Å²) in [5.74, 6) is 0. The average Bonchev–Trinajstić information content (AvgIpc) is 2.42. The lowest BCUT2D eigenvalue weighted by molar-refractivity contribution is 0.471. The summed E-state index contributed by atoms with van der Waals surface area (Å²) in [6.07, 6.45) is 11.5. The third kappa shape index (κ3) is 3.06. The lowest BCUT2D eigenvalue weighted by Crippen LogP contribution is -2.20. The molecule has 0 aliphatic heterocycles. The molecule has 2 aromatic rings. The Morgan fingerprint density at radius 1 is 0.895 bits per heavy atom. The van der Waals surface area contributed by atoms with Crippen molar-refractivity contribution < 1.29 is 0 Å². The molecule has 0 unspecified atom stereocenters. The zero-order valence-electron chi connectivity index (χ0n) is 11.4. The van der Waals surface area contributed by atoms with E-state index in [9.17, 15) is 0 Å². The van der Waals surface area contributed by atoms with Crippen molar-refractivity contribution in [2.75, 3.05) is 5.32 Å². The van der Waals surface area contributed by atoms with Crippen molar-refractivity contribution in [2.24, 2.45) is 0 Å². The summed E-state index contributed by atoms with van der Waals surface area (Å²) >= 11 is 0. The highest BCUT2D eigenvalue weighted by molar-refractivity contribution is 5.90. The van der Waals surface area contributed by atoms with Gasteiger partial charge in [0.25, 0.3) is 0 Å². The SMILES string of the molecule is c1ccc2c(NC3CCCCCCC3)ccnc2c1. The largest absolute Gasteiger partial charge is 0.382 e. The van der Waals surface area contributed by atoms with Gasteiger partial charge < -0.3 is 5.32 Å². The first kappa shape index (κ1) is 12.5. The topological polar surface area (TPSA) is 24.9 Å². The fourth-order valence-corrected chi connectivity index (χ4v) is 3.04. The Bertz CT molecular complexity index is 522. The Hall–Kier alpha value is -1.57. The van der Waals surface area contributed by atoms with Gasteiger partial charge in [0.2, 0.25) is 0 Å². The average molecular weight is 254 g/mol. The summed E-state index contributed by atoms with van der Waals surface area (Å²) in [7, 11) is 0. The summed E-state index contributed by atoms with van der Waals surface area (Å²) in [6, 6.07) is 11.1. The molecule has 0 saturated heterocycles. The van der Waals surface area contributed by atoms with Crippen LogP contribution in [0.15, 0.2) is 36.5 Å². The predicted molar refractivity (Wildman–Crippen MR) is 81.5 cm³/mol. The molecule has 1 aromatic heterocycles. The summed E-state index contributed by atoms with van der Waals surface area (Å²) in [5.41, 5.74) is 2.33. The maximum atomic E-state index is 4.43. The van der Waals surface area contributed by atoms with Gasteiger partial charge in [0.1, 0.15) is 0 Å². The van der Waals surface area contributed by atoms with E-state index in [1.807, 2.05) is 6.20 Å². The molecule has 1 N–H and O–H groups in total. The Balaban J connectivity index is 1.80. The second-order valence-corrected chi connectivity index (χ2v) is 5.56. The van der Waals surface area contributed by atoms with Crippen molar-refractivity contribution in [3.63, 3.8) is 0 Å². The molecule has 0 radical (unpaired) electrons. The molecule has 1 aliphatic carbocycles. The van der Waals surface area contributed by atoms with Crippen LogP contribution >= 0.6 is 0 Å². The van der Waals surface area contributed by atoms with E-state index < -0.39 is 0 Å². The molecule has 1 saturated carbocycles. The molecule has 0 bridgehead atoms. The number of rotatable bonds is 2. The van der Waals surface area contributed by atoms with Crippen LogP contribution in [0.3, 0.4) is 0 Å². The molecular formula is C17H22N2. The zero-order valence-corrected chi connectivity index (χ0v) is 11.4. The van der Waals surface area contributed by atoms with Crippen LogP contribution in [0.1, 0.15) is 44.9 Å². The van der Waals surface area contributed by atoms with E-state index in [4.69, 9.17) is 0 Å². The zero-order chi connectivity index (χ0) is 12.9. The number of hydrogen-bond acceptors (Lipinski definition) is 2. The Kier molecular flexibility index (Phi) is 3.97. The van der Waals surface area contributed by atoms with E-state index >= 15 is 0 Å². The van der Waals surface area contributed by atoms with E-state index in [0.717, 1.165) is 5.52 Å². The van der Waals surface area contributed by atoms with Crippen molar-refractivity contribution in [3.8, 4) is 0 Å². The van der Waals surface area contributed by atoms with Gasteiger partial charge in [-0.05, 0) is 25.0 Å². The maximum Gasteiger partial charge on any atom is 0.0722 e. The number of fused-ring (bicyclic) bond motifs is 1. The van der Waals surface area contributed by atoms with Crippen LogP contribution < -0.4 is 5.32 Å². The first-order valence-corrected chi connectivity index (χ1v) is 7.54. The van der Waals surface area contributed by atoms with Gasteiger partial charge in [0, 0.05) is 23.3 Å². The first-order valence-electron chi connectivity index (χ1n) is 7.54. The Labute approximate surface area is 115 Å². The molecule has 100 valence electrons. The molecule has 1 heterocycles. The lowest BCUT2D eigenvalue weighted by Gasteiger charge is -2.22. The molecule has 1 aliphatic rings. The minimum atomic E-state index is 0.631. The number of nitrogens with one attached hydrogen (secondary N) is 1. The number of nitrogens with zero attached hydrogens (tertiary/aromatic N) is 1. The number of para-hydroxylation sites is 1. The minimum absolute atomic E-state index is 0.631. The normalized spacial score (nSPS) is 17.9. The fraction of sp³-hybridized carbons (Fsp3) is 0.471. The van der Waals surface area contributed by atoms with E-state index in [2.05, 4.69) is 40.6 Å². The number of anilines is 1. The van der Waals surface area contributed by atoms with Gasteiger partial charge in [0.15, 0.2) is 0 Å². The standard InChI is InChI=1S/C17H22N2/c1-2-4-8-14(9-5-3-1)19-17-12-13-18-16-11-7-6-10-15(16)17/h6-7,10-14H,1-5,8-9H2,(H,18,19). The smallest absolute Gasteiger partial charge is 0.0722 e. The highest BCUT2D eigenvalue weighted by Gasteiger charge is 2.12. The van der Waals surface area contributed by atoms with Crippen molar-refractivity contribution in [2.45, 2.75) is 51.0 Å². The fourth-order valence-electron chi connectivity index (χ4n) is 3.04. The van der Waals surface area contributed by atoms with Crippen LogP contribution in [0.2, 0.25) is 0 Å². The molecule has 0 spiro atoms. The van der Waals surface area contributed by atoms with Gasteiger partial charge in [-0.2, -0.15) is 0 Å². The molecule has 3 rings (SSSR count). The monoisotopic (exact) mass is 254 g/mol. The summed E-state index contributed by atoms with van der Waals surface area (Å²) < 4.78 is 0. The van der Waals surface area contributed by atoms with Gasteiger partial charge in [-0.25, -0.2) is 0 Å². The summed E-state index contributed by atoms with van der Waals surface area (Å²) in [5, 5.41) is 4.99. The number of benzene rings is 1. The van der Waals surface area contributed by atoms with Crippen LogP contribution in [-0.4, -0.2) is 11.0 Å². The minimum Gasteiger partial charge on any atom is -0.382 e. The molecule has 0 amide bonds. The van der Waals surface area contributed by atoms with Crippen LogP contribution in [0.4, 0.5) is 5.69 Å². The molecule has 19 heavy (non-hydrogen) atoms. The second-order valence-electron chi connectivity index (χ2n) is 5.56. The summed E-state index contributed by atoms with van der Waals surface area (Å²) in [6.45, 7) is 0. The van der Waals surface area contributed by atoms with E-state index in [0.29, 0.717) is 6.04 Å². The van der Waals surface area contributed by atoms with Gasteiger partial charge in [-0.3, -0.25) is 4.98 Å². The van der Waals surface area contributed by atoms with Crippen LogP contribution in [0, 0.1) is 0 Å². The van der Waals surface area contributed by atoms with E-state index in [-0.39, 0.29) is 0 Å². The van der Waals surface area contributed by atoms with Crippen LogP contribution in [0.5, 0.6) is 0 Å².